The highest BCUT2D eigenvalue weighted by Gasteiger charge is 2.15. The van der Waals surface area contributed by atoms with Crippen molar-refractivity contribution >= 4 is 21.6 Å². The van der Waals surface area contributed by atoms with Crippen LogP contribution in [0.2, 0.25) is 0 Å². The van der Waals surface area contributed by atoms with E-state index < -0.39 is 10.0 Å². The maximum Gasteiger partial charge on any atom is 0.265 e. The molecule has 0 unspecified atom stereocenters. The van der Waals surface area contributed by atoms with Crippen LogP contribution in [0.3, 0.4) is 0 Å². The summed E-state index contributed by atoms with van der Waals surface area (Å²) in [4.78, 5) is 13.1. The van der Waals surface area contributed by atoms with Crippen molar-refractivity contribution in [3.8, 4) is 0 Å². The van der Waals surface area contributed by atoms with Crippen LogP contribution in [0.15, 0.2) is 120 Å². The minimum absolute atomic E-state index is 0.175. The topological polar surface area (TPSA) is 78.5 Å². The van der Waals surface area contributed by atoms with Crippen LogP contribution in [-0.4, -0.2) is 19.3 Å². The lowest BCUT2D eigenvalue weighted by atomic mass is 10.2. The first-order valence-electron chi connectivity index (χ1n) is 10.8. The third kappa shape index (κ3) is 6.31. The Kier molecular flexibility index (Phi) is 7.37. The van der Waals surface area contributed by atoms with E-state index in [1.165, 1.54) is 12.1 Å². The number of nitrogens with one attached hydrogen (secondary N) is 2. The lowest BCUT2D eigenvalue weighted by molar-refractivity contribution is 0.0759. The van der Waals surface area contributed by atoms with E-state index in [1.807, 2.05) is 65.7 Å². The number of carbonyl (C=O) groups is 1. The zero-order chi connectivity index (χ0) is 23.8. The molecule has 6 nitrogen and oxygen atoms in total. The number of nitrogens with zero attached hydrogens (tertiary/aromatic N) is 1. The zero-order valence-electron chi connectivity index (χ0n) is 18.5. The van der Waals surface area contributed by atoms with E-state index in [-0.39, 0.29) is 10.8 Å². The molecule has 0 saturated heterocycles. The Balaban J connectivity index is 1.45. The third-order valence-corrected chi connectivity index (χ3v) is 6.54. The second kappa shape index (κ2) is 10.8. The molecule has 0 aliphatic rings. The molecule has 0 aliphatic carbocycles. The first-order chi connectivity index (χ1) is 16.5. The van der Waals surface area contributed by atoms with Gasteiger partial charge in [-0.25, -0.2) is 13.4 Å². The first kappa shape index (κ1) is 23.2. The van der Waals surface area contributed by atoms with Crippen molar-refractivity contribution in [3.05, 3.63) is 132 Å². The number of anilines is 1. The summed E-state index contributed by atoms with van der Waals surface area (Å²) in [6.45, 7) is 1.08. The predicted molar refractivity (Wildman–Crippen MR) is 133 cm³/mol. The van der Waals surface area contributed by atoms with Gasteiger partial charge in [-0.2, -0.15) is 0 Å². The van der Waals surface area contributed by atoms with Gasteiger partial charge in [0.1, 0.15) is 0 Å². The molecule has 4 rings (SSSR count). The minimum Gasteiger partial charge on any atom is -0.284 e. The highest BCUT2D eigenvalue weighted by molar-refractivity contribution is 7.92. The van der Waals surface area contributed by atoms with E-state index in [4.69, 9.17) is 0 Å². The van der Waals surface area contributed by atoms with Crippen molar-refractivity contribution in [1.29, 1.82) is 0 Å². The fourth-order valence-electron chi connectivity index (χ4n) is 3.45. The van der Waals surface area contributed by atoms with Crippen molar-refractivity contribution in [2.75, 3.05) is 4.72 Å². The zero-order valence-corrected chi connectivity index (χ0v) is 19.3. The molecule has 0 atom stereocenters. The molecule has 0 fully saturated rings. The highest BCUT2D eigenvalue weighted by atomic mass is 32.2. The Labute approximate surface area is 199 Å². The van der Waals surface area contributed by atoms with Crippen molar-refractivity contribution in [2.24, 2.45) is 0 Å². The second-order valence-corrected chi connectivity index (χ2v) is 9.45. The van der Waals surface area contributed by atoms with Gasteiger partial charge in [0.25, 0.3) is 15.9 Å². The number of hydrogen-bond donors (Lipinski definition) is 2. The van der Waals surface area contributed by atoms with Crippen LogP contribution < -0.4 is 10.1 Å². The molecule has 1 amide bonds. The maximum atomic E-state index is 13.0. The number of sulfonamides is 1. The molecule has 0 aliphatic heterocycles. The van der Waals surface area contributed by atoms with Crippen molar-refractivity contribution in [3.63, 3.8) is 0 Å². The largest absolute Gasteiger partial charge is 0.284 e. The van der Waals surface area contributed by atoms with Crippen LogP contribution in [0.1, 0.15) is 21.5 Å². The first-order valence-corrected chi connectivity index (χ1v) is 12.3. The normalized spacial score (nSPS) is 11.2. The summed E-state index contributed by atoms with van der Waals surface area (Å²) in [5.74, 6) is -0.274. The molecule has 0 radical (unpaired) electrons. The summed E-state index contributed by atoms with van der Waals surface area (Å²) in [5.41, 5.74) is 5.93. The minimum atomic E-state index is -3.69. The van der Waals surface area contributed by atoms with E-state index in [1.54, 1.807) is 42.5 Å². The Morgan fingerprint density at radius 3 is 1.62 bits per heavy atom. The summed E-state index contributed by atoms with van der Waals surface area (Å²) >= 11 is 0. The summed E-state index contributed by atoms with van der Waals surface area (Å²) in [6, 6.07) is 34.3. The fourth-order valence-corrected chi connectivity index (χ4v) is 4.53. The van der Waals surface area contributed by atoms with Crippen LogP contribution in [0.25, 0.3) is 0 Å². The van der Waals surface area contributed by atoms with Crippen molar-refractivity contribution in [2.45, 2.75) is 18.0 Å². The average molecular weight is 472 g/mol. The lowest BCUT2D eigenvalue weighted by Crippen LogP contribution is -2.41. The highest BCUT2D eigenvalue weighted by Crippen LogP contribution is 2.17. The number of benzene rings is 4. The summed E-state index contributed by atoms with van der Waals surface area (Å²) in [5, 5.41) is 1.86. The van der Waals surface area contributed by atoms with Gasteiger partial charge in [-0.05, 0) is 47.5 Å². The van der Waals surface area contributed by atoms with E-state index in [0.29, 0.717) is 24.3 Å². The maximum absolute atomic E-state index is 13.0. The molecule has 2 N–H and O–H groups in total. The third-order valence-electron chi connectivity index (χ3n) is 5.14. The monoisotopic (exact) mass is 471 g/mol. The number of amides is 1. The van der Waals surface area contributed by atoms with Crippen molar-refractivity contribution < 1.29 is 13.2 Å². The van der Waals surface area contributed by atoms with Gasteiger partial charge in [0.15, 0.2) is 0 Å². The van der Waals surface area contributed by atoms with Gasteiger partial charge < -0.3 is 0 Å². The summed E-state index contributed by atoms with van der Waals surface area (Å²) in [7, 11) is -3.69. The van der Waals surface area contributed by atoms with E-state index in [2.05, 4.69) is 10.1 Å². The second-order valence-electron chi connectivity index (χ2n) is 7.76. The fraction of sp³-hybridized carbons (Fsp3) is 0.0741. The van der Waals surface area contributed by atoms with Gasteiger partial charge in [0, 0.05) is 24.3 Å². The van der Waals surface area contributed by atoms with Gasteiger partial charge >= 0.3 is 0 Å². The van der Waals surface area contributed by atoms with Gasteiger partial charge in [-0.3, -0.25) is 14.9 Å². The van der Waals surface area contributed by atoms with Crippen LogP contribution in [-0.2, 0) is 23.1 Å². The smallest absolute Gasteiger partial charge is 0.265 e. The predicted octanol–water partition coefficient (Wildman–Crippen LogP) is 4.83. The molecule has 4 aromatic rings. The van der Waals surface area contributed by atoms with E-state index in [9.17, 15) is 13.2 Å². The number of carbonyl (C=O) groups excluding carboxylic acids is 1. The molecule has 0 bridgehead atoms. The number of hydrazine groups is 1. The standard InChI is InChI=1S/C27H25N3O3S/c31-27(24-16-18-25(19-17-24)29-34(32,33)26-14-8-3-9-15-26)28-30(20-22-10-4-1-5-11-22)21-23-12-6-2-7-13-23/h1-19,29H,20-21H2,(H,28,31). The molecular weight excluding hydrogens is 446 g/mol. The molecule has 34 heavy (non-hydrogen) atoms. The molecule has 0 saturated carbocycles. The van der Waals surface area contributed by atoms with Gasteiger partial charge in [0.2, 0.25) is 0 Å². The molecule has 7 heteroatoms. The Morgan fingerprint density at radius 1 is 0.647 bits per heavy atom. The molecule has 4 aromatic carbocycles. The van der Waals surface area contributed by atoms with Crippen LogP contribution in [0, 0.1) is 0 Å². The van der Waals surface area contributed by atoms with E-state index in [0.717, 1.165) is 11.1 Å². The Hall–Kier alpha value is -3.94. The van der Waals surface area contributed by atoms with Crippen LogP contribution in [0.5, 0.6) is 0 Å². The lowest BCUT2D eigenvalue weighted by Gasteiger charge is -2.23. The number of hydrogen-bond acceptors (Lipinski definition) is 4. The van der Waals surface area contributed by atoms with Crippen molar-refractivity contribution in [1.82, 2.24) is 10.4 Å². The SMILES string of the molecule is O=C(NN(Cc1ccccc1)Cc1ccccc1)c1ccc(NS(=O)(=O)c2ccccc2)cc1. The molecule has 0 aromatic heterocycles. The van der Waals surface area contributed by atoms with E-state index >= 15 is 0 Å². The molecular formula is C27H25N3O3S. The molecule has 172 valence electrons. The summed E-state index contributed by atoms with van der Waals surface area (Å²) < 4.78 is 27.6. The quantitative estimate of drug-likeness (QED) is 0.343. The Bertz CT molecular complexity index is 1270. The van der Waals surface area contributed by atoms with Crippen LogP contribution >= 0.6 is 0 Å². The number of rotatable bonds is 9. The van der Waals surface area contributed by atoms with Gasteiger partial charge in [-0.15, -0.1) is 0 Å². The van der Waals surface area contributed by atoms with Crippen LogP contribution in [0.4, 0.5) is 5.69 Å². The Morgan fingerprint density at radius 2 is 1.12 bits per heavy atom. The summed E-state index contributed by atoms with van der Waals surface area (Å²) in [6.07, 6.45) is 0. The van der Waals surface area contributed by atoms with Gasteiger partial charge in [0.05, 0.1) is 4.90 Å². The molecule has 0 heterocycles. The molecule has 0 spiro atoms. The average Bonchev–Trinajstić information content (AvgIpc) is 2.86. The van der Waals surface area contributed by atoms with Gasteiger partial charge in [-0.1, -0.05) is 78.9 Å².